The van der Waals surface area contributed by atoms with E-state index in [4.69, 9.17) is 0 Å². The van der Waals surface area contributed by atoms with E-state index in [-0.39, 0.29) is 28.9 Å². The van der Waals surface area contributed by atoms with Gasteiger partial charge in [0.2, 0.25) is 0 Å². The molecule has 3 rings (SSSR count). The fraction of sp³-hybridized carbons (Fsp3) is 0.125. The molecule has 1 amide bonds. The topological polar surface area (TPSA) is 79.8 Å². The third-order valence-electron chi connectivity index (χ3n) is 3.32. The number of alkyl halides is 3. The molecule has 2 heterocycles. The molecule has 1 aromatic carbocycles. The van der Waals surface area contributed by atoms with Gasteiger partial charge in [-0.15, -0.1) is 0 Å². The van der Waals surface area contributed by atoms with Crippen LogP contribution in [-0.4, -0.2) is 20.2 Å². The monoisotopic (exact) mass is 397 g/mol. The quantitative estimate of drug-likeness (QED) is 0.637. The largest absolute Gasteiger partial charge is 0.434 e. The second kappa shape index (κ2) is 7.66. The average Bonchev–Trinajstić information content (AvgIpc) is 3.10. The van der Waals surface area contributed by atoms with Crippen LogP contribution in [0.1, 0.15) is 21.7 Å². The lowest BCUT2D eigenvalue weighted by Gasteiger charge is -2.09. The lowest BCUT2D eigenvalue weighted by molar-refractivity contribution is -0.140. The third-order valence-corrected chi connectivity index (χ3v) is 4.03. The summed E-state index contributed by atoms with van der Waals surface area (Å²) in [6, 6.07) is 6.46. The zero-order chi connectivity index (χ0) is 19.4. The second-order valence-electron chi connectivity index (χ2n) is 5.26. The fourth-order valence-corrected chi connectivity index (χ4v) is 2.72. The van der Waals surface area contributed by atoms with Crippen molar-refractivity contribution in [2.24, 2.45) is 0 Å². The zero-order valence-corrected chi connectivity index (χ0v) is 14.2. The maximum Gasteiger partial charge on any atom is 0.434 e. The highest BCUT2D eigenvalue weighted by atomic mass is 32.1. The minimum Gasteiger partial charge on any atom is -0.364 e. The number of rotatable bonds is 5. The summed E-state index contributed by atoms with van der Waals surface area (Å²) in [5.74, 6) is -0.969. The van der Waals surface area contributed by atoms with Gasteiger partial charge in [-0.1, -0.05) is 12.1 Å². The Morgan fingerprint density at radius 2 is 1.81 bits per heavy atom. The van der Waals surface area contributed by atoms with Gasteiger partial charge >= 0.3 is 6.18 Å². The molecule has 0 spiro atoms. The molecule has 0 fully saturated rings. The van der Waals surface area contributed by atoms with Crippen LogP contribution in [0, 0.1) is 5.82 Å². The van der Waals surface area contributed by atoms with Gasteiger partial charge in [0.25, 0.3) is 5.91 Å². The first-order chi connectivity index (χ1) is 12.8. The van der Waals surface area contributed by atoms with Crippen molar-refractivity contribution >= 4 is 28.3 Å². The Morgan fingerprint density at radius 1 is 1.11 bits per heavy atom. The number of nitrogens with one attached hydrogen (secondary N) is 2. The highest BCUT2D eigenvalue weighted by Gasteiger charge is 2.34. The number of benzene rings is 1. The molecule has 0 bridgehead atoms. The van der Waals surface area contributed by atoms with Crippen molar-refractivity contribution in [3.8, 4) is 0 Å². The van der Waals surface area contributed by atoms with E-state index in [2.05, 4.69) is 25.0 Å². The fourth-order valence-electron chi connectivity index (χ4n) is 2.06. The summed E-state index contributed by atoms with van der Waals surface area (Å²) in [5.41, 5.74) is -0.441. The lowest BCUT2D eigenvalue weighted by Crippen LogP contribution is -2.17. The van der Waals surface area contributed by atoms with Crippen molar-refractivity contribution in [1.29, 1.82) is 0 Å². The SMILES string of the molecule is O=C(Nc1cc(C(F)(F)F)ns1)c1nccnc1NCc1ccc(F)cc1. The van der Waals surface area contributed by atoms with E-state index in [1.807, 2.05) is 0 Å². The minimum absolute atomic E-state index is 0.0672. The first-order valence-electron chi connectivity index (χ1n) is 7.47. The Bertz CT molecular complexity index is 942. The Labute approximate surface area is 154 Å². The van der Waals surface area contributed by atoms with Crippen molar-refractivity contribution in [1.82, 2.24) is 14.3 Å². The number of halogens is 4. The zero-order valence-electron chi connectivity index (χ0n) is 13.4. The van der Waals surface area contributed by atoms with Crippen LogP contribution in [0.25, 0.3) is 0 Å². The number of carbonyl (C=O) groups excluding carboxylic acids is 1. The number of anilines is 2. The molecule has 0 aliphatic heterocycles. The highest BCUT2D eigenvalue weighted by molar-refractivity contribution is 7.10. The molecule has 0 saturated carbocycles. The number of aromatic nitrogens is 3. The molecule has 2 N–H and O–H groups in total. The highest BCUT2D eigenvalue weighted by Crippen LogP contribution is 2.32. The van der Waals surface area contributed by atoms with Crippen molar-refractivity contribution in [3.05, 3.63) is 65.5 Å². The van der Waals surface area contributed by atoms with Gasteiger partial charge in [-0.05, 0) is 29.2 Å². The summed E-state index contributed by atoms with van der Waals surface area (Å²) in [5, 5.41) is 5.15. The molecule has 3 aromatic rings. The number of amides is 1. The third kappa shape index (κ3) is 4.76. The van der Waals surface area contributed by atoms with Crippen LogP contribution >= 0.6 is 11.5 Å². The minimum atomic E-state index is -4.59. The molecule has 2 aromatic heterocycles. The molecule has 0 unspecified atom stereocenters. The van der Waals surface area contributed by atoms with Crippen LogP contribution in [0.3, 0.4) is 0 Å². The van der Waals surface area contributed by atoms with Gasteiger partial charge in [-0.3, -0.25) is 4.79 Å². The molecule has 27 heavy (non-hydrogen) atoms. The predicted octanol–water partition coefficient (Wildman–Crippen LogP) is 3.96. The molecule has 140 valence electrons. The Balaban J connectivity index is 1.71. The van der Waals surface area contributed by atoms with E-state index < -0.39 is 17.8 Å². The maximum atomic E-state index is 12.9. The summed E-state index contributed by atoms with van der Waals surface area (Å²) >= 11 is 0.511. The van der Waals surface area contributed by atoms with Crippen molar-refractivity contribution in [2.45, 2.75) is 12.7 Å². The van der Waals surface area contributed by atoms with Gasteiger partial charge < -0.3 is 10.6 Å². The first kappa shape index (κ1) is 18.7. The summed E-state index contributed by atoms with van der Waals surface area (Å²) < 4.78 is 54.0. The summed E-state index contributed by atoms with van der Waals surface area (Å²) in [6.07, 6.45) is -1.95. The van der Waals surface area contributed by atoms with Crippen LogP contribution < -0.4 is 10.6 Å². The first-order valence-corrected chi connectivity index (χ1v) is 8.25. The molecule has 11 heteroatoms. The van der Waals surface area contributed by atoms with E-state index in [1.165, 1.54) is 24.5 Å². The van der Waals surface area contributed by atoms with Gasteiger partial charge in [0, 0.05) is 25.0 Å². The van der Waals surface area contributed by atoms with Crippen LogP contribution in [0.2, 0.25) is 0 Å². The van der Waals surface area contributed by atoms with Crippen molar-refractivity contribution in [2.75, 3.05) is 10.6 Å². The summed E-state index contributed by atoms with van der Waals surface area (Å²) in [4.78, 5) is 20.3. The number of carbonyl (C=O) groups is 1. The molecule has 0 aliphatic carbocycles. The van der Waals surface area contributed by atoms with Crippen LogP contribution in [0.15, 0.2) is 42.7 Å². The number of hydrogen-bond donors (Lipinski definition) is 2. The average molecular weight is 397 g/mol. The van der Waals surface area contributed by atoms with Crippen molar-refractivity contribution < 1.29 is 22.4 Å². The molecule has 6 nitrogen and oxygen atoms in total. The van der Waals surface area contributed by atoms with Gasteiger partial charge in [-0.25, -0.2) is 14.4 Å². The Morgan fingerprint density at radius 3 is 2.48 bits per heavy atom. The van der Waals surface area contributed by atoms with E-state index >= 15 is 0 Å². The smallest absolute Gasteiger partial charge is 0.364 e. The lowest BCUT2D eigenvalue weighted by atomic mass is 10.2. The van der Waals surface area contributed by atoms with Gasteiger partial charge in [0.1, 0.15) is 10.8 Å². The van der Waals surface area contributed by atoms with Crippen molar-refractivity contribution in [3.63, 3.8) is 0 Å². The summed E-state index contributed by atoms with van der Waals surface area (Å²) in [6.45, 7) is 0.248. The van der Waals surface area contributed by atoms with E-state index in [0.717, 1.165) is 11.6 Å². The number of hydrogen-bond acceptors (Lipinski definition) is 6. The Kier molecular flexibility index (Phi) is 5.31. The maximum absolute atomic E-state index is 12.9. The molecule has 0 radical (unpaired) electrons. The van der Waals surface area contributed by atoms with E-state index in [9.17, 15) is 22.4 Å². The Hall–Kier alpha value is -3.08. The standard InChI is InChI=1S/C16H11F4N5OS/c17-10-3-1-9(2-4-10)8-23-14-13(21-5-6-22-14)15(26)24-12-7-11(25-27-12)16(18,19)20/h1-7H,8H2,(H,22,23)(H,24,26). The van der Waals surface area contributed by atoms with Crippen LogP contribution in [0.5, 0.6) is 0 Å². The summed E-state index contributed by atoms with van der Waals surface area (Å²) in [7, 11) is 0. The van der Waals surface area contributed by atoms with E-state index in [0.29, 0.717) is 11.5 Å². The molecule has 0 aliphatic rings. The van der Waals surface area contributed by atoms with E-state index in [1.54, 1.807) is 12.1 Å². The second-order valence-corrected chi connectivity index (χ2v) is 6.07. The van der Waals surface area contributed by atoms with Gasteiger partial charge in [-0.2, -0.15) is 17.5 Å². The van der Waals surface area contributed by atoms with Gasteiger partial charge in [0.05, 0.1) is 0 Å². The predicted molar refractivity (Wildman–Crippen MR) is 90.8 cm³/mol. The molecular formula is C16H11F4N5OS. The molecule has 0 atom stereocenters. The van der Waals surface area contributed by atoms with Crippen LogP contribution in [-0.2, 0) is 12.7 Å². The van der Waals surface area contributed by atoms with Gasteiger partial charge in [0.15, 0.2) is 17.2 Å². The molecular weight excluding hydrogens is 386 g/mol. The normalized spacial score (nSPS) is 11.3. The number of nitrogens with zero attached hydrogens (tertiary/aromatic N) is 3. The van der Waals surface area contributed by atoms with Crippen LogP contribution in [0.4, 0.5) is 28.4 Å². The molecule has 0 saturated heterocycles.